The van der Waals surface area contributed by atoms with Gasteiger partial charge in [0.25, 0.3) is 0 Å². The minimum Gasteiger partial charge on any atom is -0.491 e. The van der Waals surface area contributed by atoms with Gasteiger partial charge in [-0.25, -0.2) is 4.98 Å². The molecule has 21 heavy (non-hydrogen) atoms. The molecule has 0 bridgehead atoms. The number of aryl methyl sites for hydroxylation is 1. The molecule has 1 N–H and O–H groups in total. The maximum Gasteiger partial charge on any atom is 0.119 e. The maximum atomic E-state index is 5.63. The molecule has 0 radical (unpaired) electrons. The summed E-state index contributed by atoms with van der Waals surface area (Å²) in [6.07, 6.45) is 8.27. The van der Waals surface area contributed by atoms with Gasteiger partial charge < -0.3 is 14.6 Å². The van der Waals surface area contributed by atoms with Crippen molar-refractivity contribution in [1.82, 2.24) is 14.9 Å². The minimum absolute atomic E-state index is 0.226. The Kier molecular flexibility index (Phi) is 6.28. The van der Waals surface area contributed by atoms with E-state index in [1.54, 1.807) is 0 Å². The summed E-state index contributed by atoms with van der Waals surface area (Å²) in [4.78, 5) is 4.04. The van der Waals surface area contributed by atoms with Crippen LogP contribution in [0.1, 0.15) is 32.3 Å². The molecule has 0 atom stereocenters. The lowest BCUT2D eigenvalue weighted by Crippen LogP contribution is -2.15. The fourth-order valence-corrected chi connectivity index (χ4v) is 2.15. The van der Waals surface area contributed by atoms with Gasteiger partial charge in [-0.2, -0.15) is 0 Å². The maximum absolute atomic E-state index is 5.63. The van der Waals surface area contributed by atoms with E-state index in [0.29, 0.717) is 0 Å². The van der Waals surface area contributed by atoms with E-state index < -0.39 is 0 Å². The summed E-state index contributed by atoms with van der Waals surface area (Å²) in [5.74, 6) is 0.939. The van der Waals surface area contributed by atoms with Crippen LogP contribution in [0, 0.1) is 0 Å². The van der Waals surface area contributed by atoms with Crippen LogP contribution in [-0.4, -0.2) is 22.2 Å². The molecule has 0 aliphatic heterocycles. The fraction of sp³-hybridized carbons (Fsp3) is 0.471. The summed E-state index contributed by atoms with van der Waals surface area (Å²) >= 11 is 0. The Bertz CT molecular complexity index is 491. The molecule has 0 unspecified atom stereocenters. The average molecular weight is 287 g/mol. The van der Waals surface area contributed by atoms with Crippen LogP contribution in [0.15, 0.2) is 43.0 Å². The third-order valence-electron chi connectivity index (χ3n) is 3.20. The van der Waals surface area contributed by atoms with Crippen molar-refractivity contribution in [3.63, 3.8) is 0 Å². The molecule has 0 amide bonds. The van der Waals surface area contributed by atoms with Crippen LogP contribution in [0.2, 0.25) is 0 Å². The van der Waals surface area contributed by atoms with Crippen molar-refractivity contribution in [2.45, 2.75) is 45.9 Å². The molecule has 0 spiro atoms. The molecule has 2 aromatic rings. The topological polar surface area (TPSA) is 39.1 Å². The summed E-state index contributed by atoms with van der Waals surface area (Å²) in [7, 11) is 0. The van der Waals surface area contributed by atoms with Crippen molar-refractivity contribution in [3.8, 4) is 5.75 Å². The van der Waals surface area contributed by atoms with Crippen LogP contribution in [0.25, 0.3) is 0 Å². The number of rotatable bonds is 9. The summed E-state index contributed by atoms with van der Waals surface area (Å²) in [6, 6.07) is 8.32. The van der Waals surface area contributed by atoms with Crippen LogP contribution in [0.4, 0.5) is 0 Å². The van der Waals surface area contributed by atoms with Gasteiger partial charge in [0, 0.05) is 25.5 Å². The highest BCUT2D eigenvalue weighted by atomic mass is 16.5. The lowest BCUT2D eigenvalue weighted by molar-refractivity contribution is 0.242. The van der Waals surface area contributed by atoms with Gasteiger partial charge in [-0.3, -0.25) is 0 Å². The summed E-state index contributed by atoms with van der Waals surface area (Å²) in [5, 5.41) is 3.48. The molecule has 0 fully saturated rings. The molecule has 1 aromatic heterocycles. The van der Waals surface area contributed by atoms with E-state index >= 15 is 0 Å². The fourth-order valence-electron chi connectivity index (χ4n) is 2.15. The summed E-state index contributed by atoms with van der Waals surface area (Å²) in [6.45, 7) is 7.08. The second-order valence-electron chi connectivity index (χ2n) is 5.49. The van der Waals surface area contributed by atoms with Crippen molar-refractivity contribution >= 4 is 0 Å². The van der Waals surface area contributed by atoms with Gasteiger partial charge in [0.2, 0.25) is 0 Å². The molecular weight excluding hydrogens is 262 g/mol. The second-order valence-corrected chi connectivity index (χ2v) is 5.49. The predicted molar refractivity (Wildman–Crippen MR) is 85.4 cm³/mol. The lowest BCUT2D eigenvalue weighted by atomic mass is 10.2. The third-order valence-corrected chi connectivity index (χ3v) is 3.20. The van der Waals surface area contributed by atoms with E-state index in [1.165, 1.54) is 18.4 Å². The predicted octanol–water partition coefficient (Wildman–Crippen LogP) is 3.24. The molecule has 0 saturated heterocycles. The number of nitrogens with one attached hydrogen (secondary N) is 1. The van der Waals surface area contributed by atoms with Crippen LogP contribution in [0.5, 0.6) is 5.75 Å². The first-order chi connectivity index (χ1) is 10.2. The monoisotopic (exact) mass is 287 g/mol. The Hall–Kier alpha value is -1.81. The Labute approximate surface area is 127 Å². The zero-order valence-electron chi connectivity index (χ0n) is 13.0. The van der Waals surface area contributed by atoms with E-state index in [2.05, 4.69) is 27.0 Å². The molecule has 2 rings (SSSR count). The number of imidazole rings is 1. The highest BCUT2D eigenvalue weighted by Crippen LogP contribution is 2.13. The number of hydrogen-bond donors (Lipinski definition) is 1. The summed E-state index contributed by atoms with van der Waals surface area (Å²) in [5.41, 5.74) is 1.29. The van der Waals surface area contributed by atoms with Crippen LogP contribution in [0.3, 0.4) is 0 Å². The smallest absolute Gasteiger partial charge is 0.119 e. The number of benzene rings is 1. The van der Waals surface area contributed by atoms with Crippen molar-refractivity contribution in [2.75, 3.05) is 6.54 Å². The Morgan fingerprint density at radius 1 is 1.19 bits per heavy atom. The van der Waals surface area contributed by atoms with Gasteiger partial charge in [-0.1, -0.05) is 12.1 Å². The standard InChI is InChI=1S/C17H25N3O/c1-15(2)21-17-7-5-16(6-8-17)13-18-9-3-4-11-20-12-10-19-14-20/h5-8,10,12,14-15,18H,3-4,9,11,13H2,1-2H3. The molecular formula is C17H25N3O. The number of ether oxygens (including phenoxy) is 1. The number of unbranched alkanes of at least 4 members (excludes halogenated alkanes) is 1. The minimum atomic E-state index is 0.226. The number of hydrogen-bond acceptors (Lipinski definition) is 3. The summed E-state index contributed by atoms with van der Waals surface area (Å²) < 4.78 is 7.75. The molecule has 4 heteroatoms. The zero-order chi connectivity index (χ0) is 14.9. The first-order valence-corrected chi connectivity index (χ1v) is 7.66. The van der Waals surface area contributed by atoms with E-state index in [9.17, 15) is 0 Å². The van der Waals surface area contributed by atoms with Gasteiger partial charge >= 0.3 is 0 Å². The van der Waals surface area contributed by atoms with Crippen molar-refractivity contribution < 1.29 is 4.74 Å². The normalized spacial score (nSPS) is 11.0. The van der Waals surface area contributed by atoms with Crippen molar-refractivity contribution in [2.24, 2.45) is 0 Å². The lowest BCUT2D eigenvalue weighted by Gasteiger charge is -2.10. The van der Waals surface area contributed by atoms with Crippen LogP contribution < -0.4 is 10.1 Å². The Balaban J connectivity index is 1.58. The SMILES string of the molecule is CC(C)Oc1ccc(CNCCCCn2ccnc2)cc1. The zero-order valence-corrected chi connectivity index (χ0v) is 13.0. The third kappa shape index (κ3) is 6.00. The highest BCUT2D eigenvalue weighted by molar-refractivity contribution is 5.27. The number of nitrogens with zero attached hydrogens (tertiary/aromatic N) is 2. The first kappa shape index (κ1) is 15.6. The van der Waals surface area contributed by atoms with E-state index in [-0.39, 0.29) is 6.10 Å². The van der Waals surface area contributed by atoms with Crippen molar-refractivity contribution in [3.05, 3.63) is 48.5 Å². The number of aromatic nitrogens is 2. The first-order valence-electron chi connectivity index (χ1n) is 7.66. The Morgan fingerprint density at radius 2 is 2.00 bits per heavy atom. The van der Waals surface area contributed by atoms with E-state index in [1.807, 2.05) is 44.7 Å². The highest BCUT2D eigenvalue weighted by Gasteiger charge is 1.98. The van der Waals surface area contributed by atoms with Crippen LogP contribution in [-0.2, 0) is 13.1 Å². The molecule has 0 aliphatic rings. The molecule has 1 aromatic carbocycles. The van der Waals surface area contributed by atoms with Gasteiger partial charge in [0.1, 0.15) is 5.75 Å². The largest absolute Gasteiger partial charge is 0.491 e. The second kappa shape index (κ2) is 8.47. The average Bonchev–Trinajstić information content (AvgIpc) is 2.97. The van der Waals surface area contributed by atoms with Gasteiger partial charge in [-0.15, -0.1) is 0 Å². The molecule has 0 saturated carbocycles. The Morgan fingerprint density at radius 3 is 2.67 bits per heavy atom. The molecule has 114 valence electrons. The van der Waals surface area contributed by atoms with E-state index in [4.69, 9.17) is 4.74 Å². The van der Waals surface area contributed by atoms with Gasteiger partial charge in [0.05, 0.1) is 12.4 Å². The quantitative estimate of drug-likeness (QED) is 0.720. The van der Waals surface area contributed by atoms with Crippen molar-refractivity contribution in [1.29, 1.82) is 0 Å². The van der Waals surface area contributed by atoms with Gasteiger partial charge in [0.15, 0.2) is 0 Å². The van der Waals surface area contributed by atoms with Crippen LogP contribution >= 0.6 is 0 Å². The van der Waals surface area contributed by atoms with E-state index in [0.717, 1.165) is 25.4 Å². The molecule has 1 heterocycles. The molecule has 0 aliphatic carbocycles. The van der Waals surface area contributed by atoms with Gasteiger partial charge in [-0.05, 0) is 50.9 Å². The molecule has 4 nitrogen and oxygen atoms in total.